The fourth-order valence-corrected chi connectivity index (χ4v) is 0.935. The number of methoxy groups -OCH3 is 1. The molecule has 0 saturated heterocycles. The minimum atomic E-state index is -1.16. The van der Waals surface area contributed by atoms with E-state index in [2.05, 4.69) is 9.47 Å². The van der Waals surface area contributed by atoms with E-state index in [-0.39, 0.29) is 12.6 Å². The molecule has 0 fully saturated rings. The third-order valence-corrected chi connectivity index (χ3v) is 1.90. The summed E-state index contributed by atoms with van der Waals surface area (Å²) >= 11 is 0. The average molecular weight is 256 g/mol. The average Bonchev–Trinajstić information content (AvgIpc) is 2.25. The lowest BCUT2D eigenvalue weighted by molar-refractivity contribution is -0.138. The van der Waals surface area contributed by atoms with Crippen LogP contribution in [0.25, 0.3) is 0 Å². The van der Waals surface area contributed by atoms with Gasteiger partial charge in [0, 0.05) is 17.7 Å². The lowest BCUT2D eigenvalue weighted by Crippen LogP contribution is -2.09. The van der Waals surface area contributed by atoms with Crippen LogP contribution in [-0.2, 0) is 23.9 Å². The molecule has 0 radical (unpaired) electrons. The molecule has 0 heterocycles. The molecule has 6 heteroatoms. The summed E-state index contributed by atoms with van der Waals surface area (Å²) in [6, 6.07) is 0. The molecule has 0 saturated carbocycles. The molecule has 0 spiro atoms. The smallest absolute Gasteiger partial charge is 0.333 e. The van der Waals surface area contributed by atoms with E-state index < -0.39 is 11.9 Å². The zero-order valence-corrected chi connectivity index (χ0v) is 10.3. The Bertz CT molecular complexity index is 367. The predicted molar refractivity (Wildman–Crippen MR) is 62.7 cm³/mol. The lowest BCUT2D eigenvalue weighted by Gasteiger charge is -2.09. The van der Waals surface area contributed by atoms with Gasteiger partial charge in [0.2, 0.25) is 0 Å². The van der Waals surface area contributed by atoms with Crippen molar-refractivity contribution in [2.24, 2.45) is 0 Å². The van der Waals surface area contributed by atoms with E-state index in [9.17, 15) is 14.4 Å². The van der Waals surface area contributed by atoms with E-state index in [1.54, 1.807) is 6.92 Å². The normalized spacial score (nSPS) is 12.7. The Balaban J connectivity index is 0.000000327. The minimum absolute atomic E-state index is 0.170. The van der Waals surface area contributed by atoms with Crippen LogP contribution in [0, 0.1) is 0 Å². The first-order valence-corrected chi connectivity index (χ1v) is 5.36. The first kappa shape index (κ1) is 15.9. The fourth-order valence-electron chi connectivity index (χ4n) is 0.935. The highest BCUT2D eigenvalue weighted by molar-refractivity contribution is 5.90. The number of esters is 2. The molecule has 0 bridgehead atoms. The van der Waals surface area contributed by atoms with Crippen molar-refractivity contribution in [2.75, 3.05) is 13.7 Å². The molecule has 6 nitrogen and oxygen atoms in total. The molecule has 0 aromatic rings. The van der Waals surface area contributed by atoms with Crippen LogP contribution in [0.2, 0.25) is 0 Å². The summed E-state index contributed by atoms with van der Waals surface area (Å²) in [7, 11) is 1.40. The summed E-state index contributed by atoms with van der Waals surface area (Å²) in [6.07, 6.45) is 5.42. The summed E-state index contributed by atoms with van der Waals surface area (Å²) in [6.45, 7) is 1.90. The summed E-state index contributed by atoms with van der Waals surface area (Å²) in [5.74, 6) is -1.96. The molecule has 1 N–H and O–H groups in total. The van der Waals surface area contributed by atoms with Gasteiger partial charge in [-0.25, -0.2) is 14.4 Å². The van der Waals surface area contributed by atoms with Crippen molar-refractivity contribution < 1.29 is 29.0 Å². The third kappa shape index (κ3) is 7.21. The van der Waals surface area contributed by atoms with Crippen molar-refractivity contribution in [1.29, 1.82) is 0 Å². The van der Waals surface area contributed by atoms with Gasteiger partial charge in [0.1, 0.15) is 0 Å². The number of carboxylic acid groups (broad SMARTS) is 1. The molecule has 0 aliphatic heterocycles. The number of carbonyl (C=O) groups is 3. The summed E-state index contributed by atoms with van der Waals surface area (Å²) in [5.41, 5.74) is 0.826. The van der Waals surface area contributed by atoms with Crippen LogP contribution in [0.3, 0.4) is 0 Å². The zero-order chi connectivity index (χ0) is 14.0. The Morgan fingerprint density at radius 2 is 2.00 bits per heavy atom. The zero-order valence-electron chi connectivity index (χ0n) is 10.3. The monoisotopic (exact) mass is 256 g/mol. The second kappa shape index (κ2) is 8.98. The fraction of sp³-hybridized carbons (Fsp3) is 0.417. The van der Waals surface area contributed by atoms with Gasteiger partial charge in [-0.05, 0) is 19.8 Å². The summed E-state index contributed by atoms with van der Waals surface area (Å²) in [4.78, 5) is 30.7. The van der Waals surface area contributed by atoms with Gasteiger partial charge in [0.15, 0.2) is 0 Å². The molecule has 1 rings (SSSR count). The van der Waals surface area contributed by atoms with Crippen LogP contribution in [-0.4, -0.2) is 36.7 Å². The molecule has 18 heavy (non-hydrogen) atoms. The number of ether oxygens (including phenoxy) is 2. The Morgan fingerprint density at radius 3 is 2.28 bits per heavy atom. The van der Waals surface area contributed by atoms with Crippen LogP contribution < -0.4 is 0 Å². The van der Waals surface area contributed by atoms with Crippen molar-refractivity contribution >= 4 is 17.9 Å². The van der Waals surface area contributed by atoms with Crippen molar-refractivity contribution in [3.63, 3.8) is 0 Å². The number of carboxylic acids is 1. The molecule has 100 valence electrons. The van der Waals surface area contributed by atoms with E-state index >= 15 is 0 Å². The first-order valence-electron chi connectivity index (χ1n) is 5.36. The second-order valence-corrected chi connectivity index (χ2v) is 3.18. The standard InChI is InChI=1S/C6H8O4.C6H8O2/c1-2-10-6(9)4-3-5(7)8;1-8-6(7)5-3-2-4-5/h3-4H,2H2,1H3,(H,7,8);3H,2,4H2,1H3/b4-3-;. The van der Waals surface area contributed by atoms with E-state index in [0.29, 0.717) is 0 Å². The van der Waals surface area contributed by atoms with Crippen LogP contribution >= 0.6 is 0 Å². The van der Waals surface area contributed by atoms with Crippen molar-refractivity contribution in [3.8, 4) is 0 Å². The van der Waals surface area contributed by atoms with Crippen LogP contribution in [0.4, 0.5) is 0 Å². The van der Waals surface area contributed by atoms with Gasteiger partial charge in [-0.2, -0.15) is 0 Å². The van der Waals surface area contributed by atoms with E-state index in [0.717, 1.165) is 30.6 Å². The van der Waals surface area contributed by atoms with Crippen molar-refractivity contribution in [1.82, 2.24) is 0 Å². The minimum Gasteiger partial charge on any atom is -0.478 e. The van der Waals surface area contributed by atoms with Gasteiger partial charge < -0.3 is 14.6 Å². The van der Waals surface area contributed by atoms with Crippen molar-refractivity contribution in [3.05, 3.63) is 23.8 Å². The molecular weight excluding hydrogens is 240 g/mol. The number of aliphatic carboxylic acids is 1. The molecule has 0 amide bonds. The number of hydrogen-bond acceptors (Lipinski definition) is 5. The molecule has 1 aliphatic rings. The lowest BCUT2D eigenvalue weighted by atomic mass is 10.00. The van der Waals surface area contributed by atoms with E-state index in [4.69, 9.17) is 5.11 Å². The Labute approximate surface area is 105 Å². The van der Waals surface area contributed by atoms with Gasteiger partial charge in [0.25, 0.3) is 0 Å². The SMILES string of the molecule is CCOC(=O)/C=C\C(=O)O.COC(=O)C1=CCC1. The third-order valence-electron chi connectivity index (χ3n) is 1.90. The highest BCUT2D eigenvalue weighted by atomic mass is 16.5. The summed E-state index contributed by atoms with van der Waals surface area (Å²) in [5, 5.41) is 8.04. The molecule has 0 unspecified atom stereocenters. The van der Waals surface area contributed by atoms with Gasteiger partial charge in [-0.15, -0.1) is 0 Å². The number of hydrogen-bond donors (Lipinski definition) is 1. The summed E-state index contributed by atoms with van der Waals surface area (Å²) < 4.78 is 8.85. The maximum Gasteiger partial charge on any atom is 0.333 e. The maximum atomic E-state index is 10.5. The first-order chi connectivity index (χ1) is 8.51. The van der Waals surface area contributed by atoms with Gasteiger partial charge in [-0.3, -0.25) is 0 Å². The predicted octanol–water partition coefficient (Wildman–Crippen LogP) is 1.07. The topological polar surface area (TPSA) is 89.9 Å². The van der Waals surface area contributed by atoms with Gasteiger partial charge in [-0.1, -0.05) is 6.08 Å². The molecular formula is C12H16O6. The highest BCUT2D eigenvalue weighted by Crippen LogP contribution is 2.18. The van der Waals surface area contributed by atoms with E-state index in [1.807, 2.05) is 6.08 Å². The largest absolute Gasteiger partial charge is 0.478 e. The number of rotatable bonds is 4. The Morgan fingerprint density at radius 1 is 1.39 bits per heavy atom. The Hall–Kier alpha value is -2.11. The van der Waals surface area contributed by atoms with Crippen molar-refractivity contribution in [2.45, 2.75) is 19.8 Å². The quantitative estimate of drug-likeness (QED) is 0.597. The van der Waals surface area contributed by atoms with Gasteiger partial charge >= 0.3 is 17.9 Å². The molecule has 0 atom stereocenters. The molecule has 0 aromatic carbocycles. The number of allylic oxidation sites excluding steroid dienone is 1. The van der Waals surface area contributed by atoms with Crippen LogP contribution in [0.5, 0.6) is 0 Å². The second-order valence-electron chi connectivity index (χ2n) is 3.18. The molecule has 1 aliphatic carbocycles. The Kier molecular flexibility index (Phi) is 7.92. The number of carbonyl (C=O) groups excluding carboxylic acids is 2. The highest BCUT2D eigenvalue weighted by Gasteiger charge is 2.13. The molecule has 0 aromatic heterocycles. The van der Waals surface area contributed by atoms with Gasteiger partial charge in [0.05, 0.1) is 13.7 Å². The van der Waals surface area contributed by atoms with Crippen LogP contribution in [0.1, 0.15) is 19.8 Å². The van der Waals surface area contributed by atoms with E-state index in [1.165, 1.54) is 7.11 Å². The maximum absolute atomic E-state index is 10.5. The van der Waals surface area contributed by atoms with Crippen LogP contribution in [0.15, 0.2) is 23.8 Å².